The Morgan fingerprint density at radius 3 is 2.64 bits per heavy atom. The van der Waals surface area contributed by atoms with Crippen LogP contribution in [0.5, 0.6) is 0 Å². The second-order valence-corrected chi connectivity index (χ2v) is 5.28. The van der Waals surface area contributed by atoms with Crippen molar-refractivity contribution < 1.29 is 18.1 Å². The zero-order chi connectivity index (χ0) is 15.7. The number of aromatic nitrogens is 2. The molecule has 1 aromatic carbocycles. The van der Waals surface area contributed by atoms with Crippen molar-refractivity contribution in [2.45, 2.75) is 6.92 Å². The van der Waals surface area contributed by atoms with Gasteiger partial charge in [-0.25, -0.2) is 8.78 Å². The first-order valence-corrected chi connectivity index (χ1v) is 7.08. The fraction of sp³-hybridized carbons (Fsp3) is 0.0714. The van der Waals surface area contributed by atoms with Crippen LogP contribution in [0.4, 0.5) is 14.5 Å². The lowest BCUT2D eigenvalue weighted by atomic mass is 10.2. The zero-order valence-electron chi connectivity index (χ0n) is 11.3. The van der Waals surface area contributed by atoms with Gasteiger partial charge in [0.1, 0.15) is 22.1 Å². The molecule has 0 unspecified atom stereocenters. The third kappa shape index (κ3) is 2.60. The van der Waals surface area contributed by atoms with Crippen molar-refractivity contribution in [1.82, 2.24) is 10.1 Å². The Hall–Kier alpha value is -2.61. The van der Waals surface area contributed by atoms with Gasteiger partial charge in [0, 0.05) is 0 Å². The minimum Gasteiger partial charge on any atom is -0.333 e. The Labute approximate surface area is 127 Å². The summed E-state index contributed by atoms with van der Waals surface area (Å²) in [6.45, 7) is 1.66. The summed E-state index contributed by atoms with van der Waals surface area (Å²) in [6, 6.07) is 4.83. The first-order valence-electron chi connectivity index (χ1n) is 6.20. The van der Waals surface area contributed by atoms with Gasteiger partial charge in [0.2, 0.25) is 0 Å². The first-order chi connectivity index (χ1) is 10.6. The maximum Gasteiger partial charge on any atom is 0.270 e. The molecule has 2 aromatic heterocycles. The molecule has 0 fully saturated rings. The summed E-state index contributed by atoms with van der Waals surface area (Å²) in [5, 5.41) is 7.82. The molecule has 8 heteroatoms. The van der Waals surface area contributed by atoms with Gasteiger partial charge >= 0.3 is 0 Å². The quantitative estimate of drug-likeness (QED) is 0.800. The van der Waals surface area contributed by atoms with Gasteiger partial charge in [-0.05, 0) is 30.5 Å². The molecule has 0 aliphatic carbocycles. The van der Waals surface area contributed by atoms with Crippen molar-refractivity contribution in [1.29, 1.82) is 0 Å². The molecule has 22 heavy (non-hydrogen) atoms. The maximum atomic E-state index is 13.6. The van der Waals surface area contributed by atoms with Crippen molar-refractivity contribution in [2.75, 3.05) is 5.32 Å². The van der Waals surface area contributed by atoms with Gasteiger partial charge in [0.15, 0.2) is 5.82 Å². The zero-order valence-corrected chi connectivity index (χ0v) is 12.1. The lowest BCUT2D eigenvalue weighted by Gasteiger charge is -2.06. The van der Waals surface area contributed by atoms with E-state index in [4.69, 9.17) is 4.52 Å². The summed E-state index contributed by atoms with van der Waals surface area (Å²) in [4.78, 5) is 16.7. The predicted octanol–water partition coefficient (Wildman–Crippen LogP) is 3.64. The van der Waals surface area contributed by atoms with Crippen molar-refractivity contribution in [2.24, 2.45) is 0 Å². The summed E-state index contributed by atoms with van der Waals surface area (Å²) in [5.41, 5.74) is -0.289. The van der Waals surface area contributed by atoms with E-state index in [0.717, 1.165) is 12.1 Å². The van der Waals surface area contributed by atoms with Crippen LogP contribution in [0.2, 0.25) is 0 Å². The molecule has 0 aliphatic rings. The second kappa shape index (κ2) is 5.64. The molecule has 0 spiro atoms. The van der Waals surface area contributed by atoms with Crippen LogP contribution in [0, 0.1) is 18.6 Å². The number of benzene rings is 1. The van der Waals surface area contributed by atoms with Gasteiger partial charge in [-0.1, -0.05) is 11.2 Å². The number of carbonyl (C=O) groups excluding carboxylic acids is 1. The van der Waals surface area contributed by atoms with E-state index in [9.17, 15) is 13.6 Å². The summed E-state index contributed by atoms with van der Waals surface area (Å²) in [5.74, 6) is -2.06. The summed E-state index contributed by atoms with van der Waals surface area (Å²) in [7, 11) is 0. The smallest absolute Gasteiger partial charge is 0.270 e. The van der Waals surface area contributed by atoms with Crippen LogP contribution in [-0.2, 0) is 0 Å². The highest BCUT2D eigenvalue weighted by molar-refractivity contribution is 7.14. The molecular formula is C14H9F2N3O2S. The summed E-state index contributed by atoms with van der Waals surface area (Å²) >= 11 is 1.26. The van der Waals surface area contributed by atoms with Gasteiger partial charge in [-0.2, -0.15) is 4.98 Å². The number of halogens is 2. The highest BCUT2D eigenvalue weighted by atomic mass is 32.1. The Morgan fingerprint density at radius 1 is 1.27 bits per heavy atom. The topological polar surface area (TPSA) is 68.0 Å². The number of hydrogen-bond acceptors (Lipinski definition) is 5. The molecule has 0 saturated carbocycles. The normalized spacial score (nSPS) is 10.7. The fourth-order valence-electron chi connectivity index (χ4n) is 1.86. The molecule has 112 valence electrons. The maximum absolute atomic E-state index is 13.6. The monoisotopic (exact) mass is 321 g/mol. The van der Waals surface area contributed by atoms with Crippen LogP contribution in [0.15, 0.2) is 34.2 Å². The standard InChI is InChI=1S/C14H9F2N3O2S/c1-7-17-14(21-19-7)12-10(5-6-22-12)18-13(20)11-8(15)3-2-4-9(11)16/h2-6H,1H3,(H,18,20). The van der Waals surface area contributed by atoms with Crippen LogP contribution in [0.1, 0.15) is 16.2 Å². The van der Waals surface area contributed by atoms with Gasteiger partial charge in [-0.3, -0.25) is 4.79 Å². The fourth-order valence-corrected chi connectivity index (χ4v) is 2.63. The van der Waals surface area contributed by atoms with E-state index in [1.807, 2.05) is 0 Å². The number of anilines is 1. The van der Waals surface area contributed by atoms with Crippen LogP contribution in [0.3, 0.4) is 0 Å². The predicted molar refractivity (Wildman–Crippen MR) is 76.7 cm³/mol. The van der Waals surface area contributed by atoms with Crippen LogP contribution < -0.4 is 5.32 Å². The van der Waals surface area contributed by atoms with E-state index in [-0.39, 0.29) is 5.89 Å². The highest BCUT2D eigenvalue weighted by Gasteiger charge is 2.20. The number of thiophene rings is 1. The molecule has 0 saturated heterocycles. The number of carbonyl (C=O) groups is 1. The summed E-state index contributed by atoms with van der Waals surface area (Å²) in [6.07, 6.45) is 0. The molecule has 0 aliphatic heterocycles. The molecular weight excluding hydrogens is 312 g/mol. The number of nitrogens with zero attached hydrogens (tertiary/aromatic N) is 2. The van der Waals surface area contributed by atoms with E-state index in [1.54, 1.807) is 18.4 Å². The lowest BCUT2D eigenvalue weighted by molar-refractivity contribution is 0.101. The third-order valence-electron chi connectivity index (χ3n) is 2.83. The number of aryl methyl sites for hydroxylation is 1. The van der Waals surface area contributed by atoms with E-state index < -0.39 is 23.1 Å². The number of nitrogens with one attached hydrogen (secondary N) is 1. The molecule has 5 nitrogen and oxygen atoms in total. The van der Waals surface area contributed by atoms with Gasteiger partial charge < -0.3 is 9.84 Å². The van der Waals surface area contributed by atoms with Crippen molar-refractivity contribution in [3.05, 3.63) is 52.7 Å². The van der Waals surface area contributed by atoms with Crippen molar-refractivity contribution in [3.8, 4) is 10.8 Å². The molecule has 1 amide bonds. The Morgan fingerprint density at radius 2 is 2.00 bits per heavy atom. The van der Waals surface area contributed by atoms with Gasteiger partial charge in [0.05, 0.1) is 5.69 Å². The first kappa shape index (κ1) is 14.3. The second-order valence-electron chi connectivity index (χ2n) is 4.36. The number of hydrogen-bond donors (Lipinski definition) is 1. The molecule has 3 aromatic rings. The van der Waals surface area contributed by atoms with Gasteiger partial charge in [0.25, 0.3) is 11.8 Å². The SMILES string of the molecule is Cc1noc(-c2sccc2NC(=O)c2c(F)cccc2F)n1. The Balaban J connectivity index is 1.91. The number of amides is 1. The largest absolute Gasteiger partial charge is 0.333 e. The van der Waals surface area contributed by atoms with E-state index in [0.29, 0.717) is 16.4 Å². The molecule has 0 atom stereocenters. The van der Waals surface area contributed by atoms with E-state index in [2.05, 4.69) is 15.5 Å². The molecule has 2 heterocycles. The average Bonchev–Trinajstić information content (AvgIpc) is 3.07. The van der Waals surface area contributed by atoms with Crippen LogP contribution in [-0.4, -0.2) is 16.0 Å². The molecule has 0 radical (unpaired) electrons. The Bertz CT molecular complexity index is 824. The van der Waals surface area contributed by atoms with Crippen molar-refractivity contribution in [3.63, 3.8) is 0 Å². The molecule has 1 N–H and O–H groups in total. The molecule has 3 rings (SSSR count). The third-order valence-corrected chi connectivity index (χ3v) is 3.73. The minimum absolute atomic E-state index is 0.233. The molecule has 0 bridgehead atoms. The average molecular weight is 321 g/mol. The lowest BCUT2D eigenvalue weighted by Crippen LogP contribution is -2.15. The van der Waals surface area contributed by atoms with Gasteiger partial charge in [-0.15, -0.1) is 11.3 Å². The van der Waals surface area contributed by atoms with E-state index >= 15 is 0 Å². The summed E-state index contributed by atoms with van der Waals surface area (Å²) < 4.78 is 32.3. The van der Waals surface area contributed by atoms with E-state index in [1.165, 1.54) is 17.4 Å². The minimum atomic E-state index is -0.928. The highest BCUT2D eigenvalue weighted by Crippen LogP contribution is 2.33. The van der Waals surface area contributed by atoms with Crippen LogP contribution >= 0.6 is 11.3 Å². The van der Waals surface area contributed by atoms with Crippen molar-refractivity contribution >= 4 is 22.9 Å². The Kier molecular flexibility index (Phi) is 3.68. The van der Waals surface area contributed by atoms with Crippen LogP contribution in [0.25, 0.3) is 10.8 Å². The number of rotatable bonds is 3.